The van der Waals surface area contributed by atoms with Crippen molar-refractivity contribution in [3.8, 4) is 0 Å². The summed E-state index contributed by atoms with van der Waals surface area (Å²) >= 11 is 0. The highest BCUT2D eigenvalue weighted by molar-refractivity contribution is 5.81. The Kier molecular flexibility index (Phi) is 4.31. The molecule has 1 N–H and O–H groups in total. The third-order valence-electron chi connectivity index (χ3n) is 4.46. The summed E-state index contributed by atoms with van der Waals surface area (Å²) in [5.41, 5.74) is -0.385. The van der Waals surface area contributed by atoms with E-state index in [2.05, 4.69) is 19.2 Å². The maximum Gasteiger partial charge on any atom is 0.326 e. The molecule has 2 aliphatic carbocycles. The zero-order valence-corrected chi connectivity index (χ0v) is 12.0. The Balaban J connectivity index is 2.09. The molecular formula is C15H27NO2. The number of hydrogen-bond acceptors (Lipinski definition) is 3. The van der Waals surface area contributed by atoms with E-state index in [1.807, 2.05) is 6.92 Å². The number of hydrogen-bond donors (Lipinski definition) is 1. The molecule has 0 aromatic heterocycles. The van der Waals surface area contributed by atoms with Gasteiger partial charge in [-0.15, -0.1) is 0 Å². The molecule has 2 atom stereocenters. The van der Waals surface area contributed by atoms with E-state index in [9.17, 15) is 4.79 Å². The van der Waals surface area contributed by atoms with E-state index < -0.39 is 0 Å². The number of ether oxygens (including phenoxy) is 1. The molecule has 0 amide bonds. The number of esters is 1. The number of carbonyl (C=O) groups excluding carboxylic acids is 1. The molecule has 0 heterocycles. The monoisotopic (exact) mass is 253 g/mol. The standard InChI is InChI=1S/C15H27NO2/c1-4-18-14(17)15(16-13-7-8-13)9-5-6-12(10-15)11(2)3/h11-13,16H,4-10H2,1-3H3. The lowest BCUT2D eigenvalue weighted by molar-refractivity contribution is -0.154. The van der Waals surface area contributed by atoms with Crippen LogP contribution in [0.25, 0.3) is 0 Å². The van der Waals surface area contributed by atoms with E-state index in [1.165, 1.54) is 19.3 Å². The highest BCUT2D eigenvalue weighted by atomic mass is 16.5. The van der Waals surface area contributed by atoms with Crippen LogP contribution in [0.4, 0.5) is 0 Å². The summed E-state index contributed by atoms with van der Waals surface area (Å²) in [6.07, 6.45) is 6.74. The molecule has 3 nitrogen and oxygen atoms in total. The van der Waals surface area contributed by atoms with Gasteiger partial charge in [-0.25, -0.2) is 0 Å². The van der Waals surface area contributed by atoms with Crippen molar-refractivity contribution in [1.82, 2.24) is 5.32 Å². The molecule has 0 bridgehead atoms. The van der Waals surface area contributed by atoms with Gasteiger partial charge in [0.1, 0.15) is 5.54 Å². The number of carbonyl (C=O) groups is 1. The van der Waals surface area contributed by atoms with Gasteiger partial charge in [0.25, 0.3) is 0 Å². The predicted molar refractivity (Wildman–Crippen MR) is 72.3 cm³/mol. The second-order valence-corrected chi connectivity index (χ2v) is 6.32. The molecule has 2 rings (SSSR count). The van der Waals surface area contributed by atoms with E-state index in [0.29, 0.717) is 24.5 Å². The average Bonchev–Trinajstić information content (AvgIpc) is 3.13. The molecule has 3 heteroatoms. The van der Waals surface area contributed by atoms with Gasteiger partial charge in [-0.05, 0) is 44.4 Å². The van der Waals surface area contributed by atoms with Crippen molar-refractivity contribution in [1.29, 1.82) is 0 Å². The minimum atomic E-state index is -0.385. The van der Waals surface area contributed by atoms with Crippen molar-refractivity contribution < 1.29 is 9.53 Å². The summed E-state index contributed by atoms with van der Waals surface area (Å²) in [5, 5.41) is 3.60. The Hall–Kier alpha value is -0.570. The summed E-state index contributed by atoms with van der Waals surface area (Å²) in [6.45, 7) is 6.91. The summed E-state index contributed by atoms with van der Waals surface area (Å²) in [4.78, 5) is 12.4. The number of nitrogens with one attached hydrogen (secondary N) is 1. The summed E-state index contributed by atoms with van der Waals surface area (Å²) in [5.74, 6) is 1.29. The first-order chi connectivity index (χ1) is 8.57. The predicted octanol–water partition coefficient (Wildman–Crippen LogP) is 2.89. The Labute approximate surface area is 111 Å². The fourth-order valence-electron chi connectivity index (χ4n) is 3.15. The van der Waals surface area contributed by atoms with Gasteiger partial charge >= 0.3 is 5.97 Å². The van der Waals surface area contributed by atoms with Crippen molar-refractivity contribution in [3.05, 3.63) is 0 Å². The van der Waals surface area contributed by atoms with Gasteiger partial charge in [-0.1, -0.05) is 26.7 Å². The molecule has 0 saturated heterocycles. The fourth-order valence-corrected chi connectivity index (χ4v) is 3.15. The normalized spacial score (nSPS) is 32.6. The lowest BCUT2D eigenvalue weighted by Gasteiger charge is -2.41. The summed E-state index contributed by atoms with van der Waals surface area (Å²) in [7, 11) is 0. The zero-order chi connectivity index (χ0) is 13.2. The minimum absolute atomic E-state index is 0.0118. The van der Waals surface area contributed by atoms with Crippen LogP contribution in [0, 0.1) is 11.8 Å². The highest BCUT2D eigenvalue weighted by Crippen LogP contribution is 2.39. The molecule has 0 aliphatic heterocycles. The van der Waals surface area contributed by atoms with Crippen LogP contribution in [-0.2, 0) is 9.53 Å². The molecule has 2 aliphatic rings. The first kappa shape index (κ1) is 13.9. The zero-order valence-electron chi connectivity index (χ0n) is 12.0. The molecule has 2 saturated carbocycles. The van der Waals surface area contributed by atoms with Gasteiger partial charge in [-0.3, -0.25) is 10.1 Å². The highest BCUT2D eigenvalue weighted by Gasteiger charge is 2.47. The first-order valence-electron chi connectivity index (χ1n) is 7.52. The third kappa shape index (κ3) is 3.05. The van der Waals surface area contributed by atoms with Crippen molar-refractivity contribution in [2.24, 2.45) is 11.8 Å². The first-order valence-corrected chi connectivity index (χ1v) is 7.52. The van der Waals surface area contributed by atoms with Crippen LogP contribution in [0.3, 0.4) is 0 Å². The molecule has 104 valence electrons. The quantitative estimate of drug-likeness (QED) is 0.766. The molecular weight excluding hydrogens is 226 g/mol. The van der Waals surface area contributed by atoms with Gasteiger partial charge in [0.2, 0.25) is 0 Å². The van der Waals surface area contributed by atoms with E-state index in [1.54, 1.807) is 0 Å². The molecule has 2 unspecified atom stereocenters. The van der Waals surface area contributed by atoms with Crippen LogP contribution in [-0.4, -0.2) is 24.2 Å². The van der Waals surface area contributed by atoms with Crippen molar-refractivity contribution >= 4 is 5.97 Å². The topological polar surface area (TPSA) is 38.3 Å². The van der Waals surface area contributed by atoms with Crippen LogP contribution >= 0.6 is 0 Å². The van der Waals surface area contributed by atoms with Gasteiger partial charge in [0.05, 0.1) is 6.61 Å². The molecule has 0 spiro atoms. The second kappa shape index (κ2) is 5.60. The van der Waals surface area contributed by atoms with E-state index in [-0.39, 0.29) is 11.5 Å². The largest absolute Gasteiger partial charge is 0.465 e. The Morgan fingerprint density at radius 1 is 1.39 bits per heavy atom. The molecule has 2 fully saturated rings. The van der Waals surface area contributed by atoms with Gasteiger partial charge in [0.15, 0.2) is 0 Å². The minimum Gasteiger partial charge on any atom is -0.465 e. The van der Waals surface area contributed by atoms with Crippen LogP contribution in [0.1, 0.15) is 59.3 Å². The lowest BCUT2D eigenvalue weighted by atomic mass is 9.71. The Bertz CT molecular complexity index is 299. The maximum atomic E-state index is 12.4. The lowest BCUT2D eigenvalue weighted by Crippen LogP contribution is -2.57. The molecule has 18 heavy (non-hydrogen) atoms. The SMILES string of the molecule is CCOC(=O)C1(NC2CC2)CCCC(C(C)C)C1. The van der Waals surface area contributed by atoms with Crippen molar-refractivity contribution in [2.45, 2.75) is 70.9 Å². The van der Waals surface area contributed by atoms with Crippen LogP contribution in [0.5, 0.6) is 0 Å². The Morgan fingerprint density at radius 2 is 2.11 bits per heavy atom. The molecule has 0 aromatic carbocycles. The van der Waals surface area contributed by atoms with Crippen LogP contribution in [0.2, 0.25) is 0 Å². The van der Waals surface area contributed by atoms with Crippen LogP contribution in [0.15, 0.2) is 0 Å². The van der Waals surface area contributed by atoms with Gasteiger partial charge < -0.3 is 4.74 Å². The third-order valence-corrected chi connectivity index (χ3v) is 4.46. The van der Waals surface area contributed by atoms with E-state index in [4.69, 9.17) is 4.74 Å². The smallest absolute Gasteiger partial charge is 0.326 e. The van der Waals surface area contributed by atoms with E-state index >= 15 is 0 Å². The van der Waals surface area contributed by atoms with E-state index in [0.717, 1.165) is 19.3 Å². The average molecular weight is 253 g/mol. The summed E-state index contributed by atoms with van der Waals surface area (Å²) in [6, 6.07) is 0.556. The van der Waals surface area contributed by atoms with Crippen LogP contribution < -0.4 is 5.32 Å². The number of rotatable bonds is 5. The van der Waals surface area contributed by atoms with Gasteiger partial charge in [0, 0.05) is 6.04 Å². The Morgan fingerprint density at radius 3 is 2.67 bits per heavy atom. The van der Waals surface area contributed by atoms with Crippen molar-refractivity contribution in [2.75, 3.05) is 6.61 Å². The molecule has 0 aromatic rings. The molecule has 0 radical (unpaired) electrons. The second-order valence-electron chi connectivity index (χ2n) is 6.32. The van der Waals surface area contributed by atoms with Gasteiger partial charge in [-0.2, -0.15) is 0 Å². The fraction of sp³-hybridized carbons (Fsp3) is 0.933. The summed E-state index contributed by atoms with van der Waals surface area (Å²) < 4.78 is 5.34. The van der Waals surface area contributed by atoms with Crippen molar-refractivity contribution in [3.63, 3.8) is 0 Å². The maximum absolute atomic E-state index is 12.4.